The van der Waals surface area contributed by atoms with E-state index in [2.05, 4.69) is 53.4 Å². The van der Waals surface area contributed by atoms with Crippen molar-refractivity contribution in [1.82, 2.24) is 35.0 Å². The van der Waals surface area contributed by atoms with E-state index in [-0.39, 0.29) is 17.0 Å². The molecule has 11 heteroatoms. The van der Waals surface area contributed by atoms with Crippen LogP contribution in [0.1, 0.15) is 20.8 Å². The number of piperazine rings is 1. The molecule has 3 N–H and O–H groups in total. The monoisotopic (exact) mass is 527 g/mol. The van der Waals surface area contributed by atoms with Crippen LogP contribution in [0.15, 0.2) is 42.9 Å². The number of aromatic nitrogens is 6. The van der Waals surface area contributed by atoms with Gasteiger partial charge in [0.15, 0.2) is 11.6 Å². The lowest BCUT2D eigenvalue weighted by molar-refractivity contribution is -0.123. The minimum Gasteiger partial charge on any atom is -0.367 e. The predicted molar refractivity (Wildman–Crippen MR) is 150 cm³/mol. The maximum Gasteiger partial charge on any atom is 0.229 e. The van der Waals surface area contributed by atoms with Crippen molar-refractivity contribution in [2.75, 3.05) is 43.4 Å². The van der Waals surface area contributed by atoms with Gasteiger partial charge in [-0.3, -0.25) is 19.9 Å². The molecule has 0 radical (unpaired) electrons. The van der Waals surface area contributed by atoms with Crippen LogP contribution in [0.25, 0.3) is 44.7 Å². The van der Waals surface area contributed by atoms with Crippen molar-refractivity contribution in [2.45, 2.75) is 20.8 Å². The number of aromatic amines is 2. The number of nitrogens with zero attached hydrogens (tertiary/aromatic N) is 6. The van der Waals surface area contributed by atoms with Crippen LogP contribution >= 0.6 is 0 Å². The summed E-state index contributed by atoms with van der Waals surface area (Å²) in [6, 6.07) is 7.70. The molecule has 0 atom stereocenters. The highest BCUT2D eigenvalue weighted by Crippen LogP contribution is 2.34. The number of likely N-dealkylation sites (N-methyl/N-ethyl adjacent to an activating group) is 1. The third-order valence-corrected chi connectivity index (χ3v) is 7.05. The average molecular weight is 528 g/mol. The summed E-state index contributed by atoms with van der Waals surface area (Å²) in [5.41, 5.74) is 4.00. The maximum absolute atomic E-state index is 16.1. The van der Waals surface area contributed by atoms with Crippen LogP contribution < -0.4 is 10.2 Å². The molecule has 0 spiro atoms. The predicted octanol–water partition coefficient (Wildman–Crippen LogP) is 4.44. The Labute approximate surface area is 224 Å². The lowest BCUT2D eigenvalue weighted by atomic mass is 9.95. The van der Waals surface area contributed by atoms with Gasteiger partial charge in [0.05, 0.1) is 40.2 Å². The molecule has 1 saturated heterocycles. The number of hydrogen-bond donors (Lipinski definition) is 3. The first-order valence-corrected chi connectivity index (χ1v) is 12.9. The van der Waals surface area contributed by atoms with E-state index in [1.165, 1.54) is 12.4 Å². The molecule has 39 heavy (non-hydrogen) atoms. The number of H-pyrrole nitrogens is 2. The molecule has 4 aromatic heterocycles. The number of rotatable bonds is 4. The molecule has 10 nitrogen and oxygen atoms in total. The molecule has 0 saturated carbocycles. The van der Waals surface area contributed by atoms with Crippen LogP contribution in [0, 0.1) is 11.2 Å². The molecule has 0 aliphatic carbocycles. The van der Waals surface area contributed by atoms with E-state index in [1.807, 2.05) is 32.9 Å². The van der Waals surface area contributed by atoms with Crippen molar-refractivity contribution in [1.29, 1.82) is 0 Å². The Morgan fingerprint density at radius 1 is 1.05 bits per heavy atom. The molecule has 6 rings (SSSR count). The first-order chi connectivity index (χ1) is 18.7. The molecule has 1 aliphatic rings. The number of halogens is 1. The van der Waals surface area contributed by atoms with Gasteiger partial charge in [-0.05, 0) is 25.2 Å². The molecule has 0 bridgehead atoms. The van der Waals surface area contributed by atoms with Crippen molar-refractivity contribution in [3.05, 3.63) is 48.7 Å². The largest absolute Gasteiger partial charge is 0.367 e. The SMILES string of the molecule is CN1CCN(c2cccc3[nH]c(-c4n[nH]c5cnc(-c6cncc(NC(=O)C(C)(C)C)c6)c(F)c45)nc23)CC1. The summed E-state index contributed by atoms with van der Waals surface area (Å²) < 4.78 is 16.1. The van der Waals surface area contributed by atoms with Gasteiger partial charge in [-0.2, -0.15) is 5.10 Å². The van der Waals surface area contributed by atoms with Gasteiger partial charge in [0.25, 0.3) is 0 Å². The lowest BCUT2D eigenvalue weighted by Crippen LogP contribution is -2.44. The minimum atomic E-state index is -0.582. The van der Waals surface area contributed by atoms with Gasteiger partial charge in [0.1, 0.15) is 16.9 Å². The number of fused-ring (bicyclic) bond motifs is 2. The van der Waals surface area contributed by atoms with E-state index in [4.69, 9.17) is 4.98 Å². The molecule has 1 fully saturated rings. The summed E-state index contributed by atoms with van der Waals surface area (Å²) >= 11 is 0. The molecule has 5 heterocycles. The summed E-state index contributed by atoms with van der Waals surface area (Å²) in [6.45, 7) is 9.25. The molecule has 1 amide bonds. The number of para-hydroxylation sites is 1. The smallest absolute Gasteiger partial charge is 0.229 e. The van der Waals surface area contributed by atoms with Gasteiger partial charge < -0.3 is 20.1 Å². The number of amides is 1. The third kappa shape index (κ3) is 4.59. The van der Waals surface area contributed by atoms with E-state index in [0.29, 0.717) is 28.3 Å². The second kappa shape index (κ2) is 9.42. The van der Waals surface area contributed by atoms with E-state index < -0.39 is 11.2 Å². The zero-order valence-electron chi connectivity index (χ0n) is 22.3. The topological polar surface area (TPSA) is 119 Å². The summed E-state index contributed by atoms with van der Waals surface area (Å²) in [6.07, 6.45) is 4.59. The molecule has 5 aromatic rings. The number of pyridine rings is 2. The second-order valence-electron chi connectivity index (χ2n) is 11.0. The maximum atomic E-state index is 16.1. The van der Waals surface area contributed by atoms with Crippen molar-refractivity contribution < 1.29 is 9.18 Å². The fourth-order valence-electron chi connectivity index (χ4n) is 4.74. The van der Waals surface area contributed by atoms with Crippen LogP contribution in [-0.4, -0.2) is 74.2 Å². The summed E-state index contributed by atoms with van der Waals surface area (Å²) in [4.78, 5) is 33.8. The van der Waals surface area contributed by atoms with Crippen LogP contribution in [0.2, 0.25) is 0 Å². The minimum absolute atomic E-state index is 0.110. The molecule has 1 aliphatic heterocycles. The summed E-state index contributed by atoms with van der Waals surface area (Å²) in [5, 5.41) is 10.4. The highest BCUT2D eigenvalue weighted by atomic mass is 19.1. The number of carbonyl (C=O) groups is 1. The normalized spacial score (nSPS) is 14.8. The number of carbonyl (C=O) groups excluding carboxylic acids is 1. The van der Waals surface area contributed by atoms with E-state index in [0.717, 1.165) is 42.9 Å². The van der Waals surface area contributed by atoms with Gasteiger partial charge in [-0.15, -0.1) is 0 Å². The molecule has 1 aromatic carbocycles. The molecule has 200 valence electrons. The van der Waals surface area contributed by atoms with Gasteiger partial charge in [0.2, 0.25) is 5.91 Å². The first kappa shape index (κ1) is 24.9. The zero-order valence-corrected chi connectivity index (χ0v) is 22.3. The number of benzene rings is 1. The highest BCUT2D eigenvalue weighted by Gasteiger charge is 2.24. The van der Waals surface area contributed by atoms with Gasteiger partial charge in [-0.1, -0.05) is 26.8 Å². The van der Waals surface area contributed by atoms with Gasteiger partial charge in [0, 0.05) is 43.4 Å². The Bertz CT molecular complexity index is 1690. The number of anilines is 2. The van der Waals surface area contributed by atoms with Crippen LogP contribution in [0.4, 0.5) is 15.8 Å². The van der Waals surface area contributed by atoms with Crippen molar-refractivity contribution in [3.8, 4) is 22.8 Å². The zero-order chi connectivity index (χ0) is 27.3. The van der Waals surface area contributed by atoms with Gasteiger partial charge >= 0.3 is 0 Å². The molecular formula is C28H30FN9O. The van der Waals surface area contributed by atoms with E-state index in [9.17, 15) is 4.79 Å². The summed E-state index contributed by atoms with van der Waals surface area (Å²) in [7, 11) is 2.12. The first-order valence-electron chi connectivity index (χ1n) is 12.9. The van der Waals surface area contributed by atoms with Crippen molar-refractivity contribution in [2.24, 2.45) is 5.41 Å². The van der Waals surface area contributed by atoms with Crippen LogP contribution in [0.5, 0.6) is 0 Å². The standard InChI is InChI=1S/C28H30FN9O/c1-28(2,3)27(39)32-17-12-16(13-30-14-17)23-22(29)21-19(15-31-23)35-36-25(21)26-33-18-6-5-7-20(24(18)34-26)38-10-8-37(4)9-11-38/h5-7,12-15H,8-11H2,1-4H3,(H,32,39)(H,33,34)(H,35,36). The van der Waals surface area contributed by atoms with E-state index >= 15 is 4.39 Å². The highest BCUT2D eigenvalue weighted by molar-refractivity contribution is 5.98. The van der Waals surface area contributed by atoms with Gasteiger partial charge in [-0.25, -0.2) is 9.37 Å². The molecular weight excluding hydrogens is 497 g/mol. The fraction of sp³-hybridized carbons (Fsp3) is 0.321. The number of imidazole rings is 1. The van der Waals surface area contributed by atoms with Crippen LogP contribution in [0.3, 0.4) is 0 Å². The lowest BCUT2D eigenvalue weighted by Gasteiger charge is -2.34. The Morgan fingerprint density at radius 3 is 2.62 bits per heavy atom. The van der Waals surface area contributed by atoms with Crippen molar-refractivity contribution in [3.63, 3.8) is 0 Å². The Kier molecular flexibility index (Phi) is 6.02. The number of hydrogen-bond acceptors (Lipinski definition) is 7. The summed E-state index contributed by atoms with van der Waals surface area (Å²) in [5.74, 6) is -0.237. The molecule has 0 unspecified atom stereocenters. The Balaban J connectivity index is 1.39. The average Bonchev–Trinajstić information content (AvgIpc) is 3.54. The number of nitrogens with one attached hydrogen (secondary N) is 3. The Morgan fingerprint density at radius 2 is 1.85 bits per heavy atom. The van der Waals surface area contributed by atoms with E-state index in [1.54, 1.807) is 12.3 Å². The quantitative estimate of drug-likeness (QED) is 0.316. The Hall–Kier alpha value is -4.38. The third-order valence-electron chi connectivity index (χ3n) is 7.05. The fourth-order valence-corrected chi connectivity index (χ4v) is 4.74. The van der Waals surface area contributed by atoms with Crippen LogP contribution in [-0.2, 0) is 4.79 Å². The van der Waals surface area contributed by atoms with Crippen molar-refractivity contribution >= 4 is 39.2 Å². The second-order valence-corrected chi connectivity index (χ2v) is 11.0.